The van der Waals surface area contributed by atoms with E-state index in [-0.39, 0.29) is 0 Å². The molecule has 2 aromatic carbocycles. The van der Waals surface area contributed by atoms with Gasteiger partial charge in [0.2, 0.25) is 0 Å². The van der Waals surface area contributed by atoms with E-state index in [1.54, 1.807) is 0 Å². The van der Waals surface area contributed by atoms with Gasteiger partial charge in [-0.25, -0.2) is 0 Å². The van der Waals surface area contributed by atoms with E-state index in [1.807, 2.05) is 42.5 Å². The van der Waals surface area contributed by atoms with E-state index < -0.39 is 0 Å². The molecule has 3 aromatic rings. The Morgan fingerprint density at radius 1 is 0.958 bits per heavy atom. The van der Waals surface area contributed by atoms with Crippen molar-refractivity contribution in [2.75, 3.05) is 6.54 Å². The molecule has 0 aliphatic heterocycles. The van der Waals surface area contributed by atoms with Crippen LogP contribution in [0.3, 0.4) is 0 Å². The van der Waals surface area contributed by atoms with Crippen molar-refractivity contribution in [3.8, 4) is 11.3 Å². The van der Waals surface area contributed by atoms with Gasteiger partial charge in [0.05, 0.1) is 6.54 Å². The van der Waals surface area contributed by atoms with Gasteiger partial charge in [-0.3, -0.25) is 0 Å². The Bertz CT molecular complexity index is 814. The standard InChI is InChI=1S/C19H16Br2ClNO/c20-14-3-7-17(18(21)11-14)19-8-6-16(24-19)12-23-10-9-13-1-4-15(22)5-2-13/h1-8,11,23H,9-10,12H2. The molecule has 0 aliphatic carbocycles. The van der Waals surface area contributed by atoms with Crippen LogP contribution in [-0.2, 0) is 13.0 Å². The number of benzene rings is 2. The Morgan fingerprint density at radius 3 is 2.50 bits per heavy atom. The molecule has 0 spiro atoms. The molecule has 2 nitrogen and oxygen atoms in total. The van der Waals surface area contributed by atoms with Crippen LogP contribution in [0.1, 0.15) is 11.3 Å². The van der Waals surface area contributed by atoms with Gasteiger partial charge in [-0.1, -0.05) is 39.7 Å². The quantitative estimate of drug-likeness (QED) is 0.419. The van der Waals surface area contributed by atoms with Crippen molar-refractivity contribution in [2.45, 2.75) is 13.0 Å². The van der Waals surface area contributed by atoms with E-state index >= 15 is 0 Å². The summed E-state index contributed by atoms with van der Waals surface area (Å²) in [5.74, 6) is 1.79. The normalized spacial score (nSPS) is 11.0. The molecule has 0 bridgehead atoms. The van der Waals surface area contributed by atoms with Crippen LogP contribution in [0.25, 0.3) is 11.3 Å². The average Bonchev–Trinajstić information content (AvgIpc) is 3.02. The topological polar surface area (TPSA) is 25.2 Å². The zero-order chi connectivity index (χ0) is 16.9. The van der Waals surface area contributed by atoms with Gasteiger partial charge in [0, 0.05) is 19.5 Å². The average molecular weight is 470 g/mol. The zero-order valence-corrected chi connectivity index (χ0v) is 16.8. The highest BCUT2D eigenvalue weighted by molar-refractivity contribution is 9.11. The molecule has 124 valence electrons. The van der Waals surface area contributed by atoms with Gasteiger partial charge in [0.25, 0.3) is 0 Å². The Balaban J connectivity index is 1.53. The SMILES string of the molecule is Clc1ccc(CCNCc2ccc(-c3ccc(Br)cc3Br)o2)cc1. The second-order valence-corrected chi connectivity index (χ2v) is 7.65. The maximum absolute atomic E-state index is 5.93. The van der Waals surface area contributed by atoms with Crippen molar-refractivity contribution in [2.24, 2.45) is 0 Å². The Labute approximate surface area is 163 Å². The lowest BCUT2D eigenvalue weighted by Gasteiger charge is -2.04. The minimum Gasteiger partial charge on any atom is -0.460 e. The maximum atomic E-state index is 5.93. The second-order valence-electron chi connectivity index (χ2n) is 5.44. The lowest BCUT2D eigenvalue weighted by Crippen LogP contribution is -2.16. The minimum atomic E-state index is 0.710. The van der Waals surface area contributed by atoms with E-state index in [0.29, 0.717) is 6.54 Å². The number of nitrogens with one attached hydrogen (secondary N) is 1. The van der Waals surface area contributed by atoms with Gasteiger partial charge in [0.15, 0.2) is 0 Å². The molecule has 1 aromatic heterocycles. The zero-order valence-electron chi connectivity index (χ0n) is 12.9. The second kappa shape index (κ2) is 8.34. The third-order valence-corrected chi connectivity index (χ3v) is 5.06. The molecule has 0 saturated heterocycles. The van der Waals surface area contributed by atoms with Crippen LogP contribution in [0.4, 0.5) is 0 Å². The molecule has 0 fully saturated rings. The summed E-state index contributed by atoms with van der Waals surface area (Å²) >= 11 is 12.9. The smallest absolute Gasteiger partial charge is 0.135 e. The van der Waals surface area contributed by atoms with Crippen LogP contribution >= 0.6 is 43.5 Å². The lowest BCUT2D eigenvalue weighted by molar-refractivity contribution is 0.494. The molecule has 0 unspecified atom stereocenters. The molecule has 0 saturated carbocycles. The van der Waals surface area contributed by atoms with Gasteiger partial charge >= 0.3 is 0 Å². The van der Waals surface area contributed by atoms with E-state index in [2.05, 4.69) is 49.3 Å². The fourth-order valence-corrected chi connectivity index (χ4v) is 3.77. The number of hydrogen-bond acceptors (Lipinski definition) is 2. The Kier molecular flexibility index (Phi) is 6.17. The van der Waals surface area contributed by atoms with Crippen LogP contribution in [-0.4, -0.2) is 6.54 Å². The summed E-state index contributed by atoms with van der Waals surface area (Å²) in [6.45, 7) is 1.60. The van der Waals surface area contributed by atoms with Crippen LogP contribution in [0.15, 0.2) is 68.0 Å². The molecule has 5 heteroatoms. The third kappa shape index (κ3) is 4.73. The first-order chi connectivity index (χ1) is 11.6. The van der Waals surface area contributed by atoms with Gasteiger partial charge in [0.1, 0.15) is 11.5 Å². The predicted molar refractivity (Wildman–Crippen MR) is 106 cm³/mol. The maximum Gasteiger partial charge on any atom is 0.135 e. The highest BCUT2D eigenvalue weighted by atomic mass is 79.9. The van der Waals surface area contributed by atoms with Crippen molar-refractivity contribution in [3.63, 3.8) is 0 Å². The van der Waals surface area contributed by atoms with E-state index in [9.17, 15) is 0 Å². The molecule has 24 heavy (non-hydrogen) atoms. The van der Waals surface area contributed by atoms with Crippen LogP contribution in [0, 0.1) is 0 Å². The third-order valence-electron chi connectivity index (χ3n) is 3.66. The molecule has 0 aliphatic rings. The summed E-state index contributed by atoms with van der Waals surface area (Å²) in [6.07, 6.45) is 0.961. The van der Waals surface area contributed by atoms with E-state index in [0.717, 1.165) is 44.0 Å². The van der Waals surface area contributed by atoms with Crippen molar-refractivity contribution in [3.05, 3.63) is 79.9 Å². The first-order valence-corrected chi connectivity index (χ1v) is 9.57. The number of hydrogen-bond donors (Lipinski definition) is 1. The number of rotatable bonds is 6. The summed E-state index contributed by atoms with van der Waals surface area (Å²) in [5.41, 5.74) is 2.32. The van der Waals surface area contributed by atoms with Crippen molar-refractivity contribution < 1.29 is 4.42 Å². The molecule has 0 radical (unpaired) electrons. The van der Waals surface area contributed by atoms with Gasteiger partial charge in [-0.15, -0.1) is 0 Å². The van der Waals surface area contributed by atoms with Gasteiger partial charge in [-0.05, 0) is 76.9 Å². The van der Waals surface area contributed by atoms with Crippen molar-refractivity contribution in [1.29, 1.82) is 0 Å². The summed E-state index contributed by atoms with van der Waals surface area (Å²) in [6, 6.07) is 18.0. The summed E-state index contributed by atoms with van der Waals surface area (Å²) in [7, 11) is 0. The Morgan fingerprint density at radius 2 is 1.75 bits per heavy atom. The van der Waals surface area contributed by atoms with Crippen LogP contribution in [0.5, 0.6) is 0 Å². The molecule has 3 rings (SSSR count). The number of furan rings is 1. The highest BCUT2D eigenvalue weighted by Gasteiger charge is 2.08. The van der Waals surface area contributed by atoms with Gasteiger partial charge < -0.3 is 9.73 Å². The summed E-state index contributed by atoms with van der Waals surface area (Å²) in [5, 5.41) is 4.18. The van der Waals surface area contributed by atoms with E-state index in [4.69, 9.17) is 16.0 Å². The monoisotopic (exact) mass is 467 g/mol. The largest absolute Gasteiger partial charge is 0.460 e. The minimum absolute atomic E-state index is 0.710. The van der Waals surface area contributed by atoms with Crippen molar-refractivity contribution >= 4 is 43.5 Å². The first kappa shape index (κ1) is 17.7. The van der Waals surface area contributed by atoms with E-state index in [1.165, 1.54) is 5.56 Å². The Hall–Kier alpha value is -1.07. The van der Waals surface area contributed by atoms with Crippen LogP contribution < -0.4 is 5.32 Å². The fraction of sp³-hybridized carbons (Fsp3) is 0.158. The fourth-order valence-electron chi connectivity index (χ4n) is 2.40. The highest BCUT2D eigenvalue weighted by Crippen LogP contribution is 2.31. The molecule has 1 heterocycles. The summed E-state index contributed by atoms with van der Waals surface area (Å²) in [4.78, 5) is 0. The molecular weight excluding hydrogens is 453 g/mol. The molecule has 0 amide bonds. The predicted octanol–water partition coefficient (Wildman–Crippen LogP) is 6.46. The number of halogens is 3. The summed E-state index contributed by atoms with van der Waals surface area (Å²) < 4.78 is 7.98. The molecular formula is C19H16Br2ClNO. The molecule has 1 N–H and O–H groups in total. The van der Waals surface area contributed by atoms with Crippen molar-refractivity contribution in [1.82, 2.24) is 5.32 Å². The van der Waals surface area contributed by atoms with Gasteiger partial charge in [-0.2, -0.15) is 0 Å². The first-order valence-electron chi connectivity index (χ1n) is 7.61. The molecule has 0 atom stereocenters. The van der Waals surface area contributed by atoms with Crippen LogP contribution in [0.2, 0.25) is 5.02 Å². The lowest BCUT2D eigenvalue weighted by atomic mass is 10.1.